The fraction of sp³-hybridized carbons (Fsp3) is 0.182. The fourth-order valence-electron chi connectivity index (χ4n) is 1.43. The van der Waals surface area contributed by atoms with Gasteiger partial charge in [-0.15, -0.1) is 5.10 Å². The molecule has 7 heteroatoms. The predicted octanol–water partition coefficient (Wildman–Crippen LogP) is 2.19. The molecule has 0 spiro atoms. The van der Waals surface area contributed by atoms with Gasteiger partial charge in [0.25, 0.3) is 0 Å². The molecule has 1 aromatic carbocycles. The summed E-state index contributed by atoms with van der Waals surface area (Å²) in [5, 5.41) is 16.3. The zero-order valence-electron chi connectivity index (χ0n) is 9.18. The number of aliphatic carboxylic acids is 1. The van der Waals surface area contributed by atoms with Gasteiger partial charge in [0.15, 0.2) is 0 Å². The Morgan fingerprint density at radius 2 is 2.28 bits per heavy atom. The summed E-state index contributed by atoms with van der Waals surface area (Å²) in [5.74, 6) is -1.23. The molecule has 1 aromatic heterocycles. The van der Waals surface area contributed by atoms with Gasteiger partial charge in [-0.3, -0.25) is 4.79 Å². The number of hydrogen-bond acceptors (Lipinski definition) is 3. The molecule has 2 aromatic rings. The molecule has 0 aliphatic rings. The van der Waals surface area contributed by atoms with Crippen molar-refractivity contribution in [2.75, 3.05) is 0 Å². The van der Waals surface area contributed by atoms with E-state index in [1.165, 1.54) is 16.8 Å². The third-order valence-electron chi connectivity index (χ3n) is 2.29. The van der Waals surface area contributed by atoms with E-state index < -0.39 is 5.97 Å². The van der Waals surface area contributed by atoms with E-state index in [1.807, 2.05) is 0 Å². The van der Waals surface area contributed by atoms with Crippen LogP contribution >= 0.6 is 15.9 Å². The van der Waals surface area contributed by atoms with Crippen molar-refractivity contribution < 1.29 is 14.3 Å². The van der Waals surface area contributed by atoms with Crippen LogP contribution in [0.2, 0.25) is 0 Å². The topological polar surface area (TPSA) is 68.0 Å². The van der Waals surface area contributed by atoms with Gasteiger partial charge < -0.3 is 5.11 Å². The molecule has 0 saturated carbocycles. The van der Waals surface area contributed by atoms with Gasteiger partial charge in [-0.2, -0.15) is 0 Å². The SMILES string of the molecule is O=C(O)CCc1cn(-c2ccc(F)cc2Br)nn1. The first-order valence-corrected chi connectivity index (χ1v) is 5.94. The minimum Gasteiger partial charge on any atom is -0.481 e. The number of carboxylic acids is 1. The van der Waals surface area contributed by atoms with Crippen LogP contribution < -0.4 is 0 Å². The van der Waals surface area contributed by atoms with Crippen LogP contribution in [0.1, 0.15) is 12.1 Å². The molecule has 0 fully saturated rings. The lowest BCUT2D eigenvalue weighted by molar-refractivity contribution is -0.136. The Morgan fingerprint density at radius 1 is 1.50 bits per heavy atom. The van der Waals surface area contributed by atoms with Crippen molar-refractivity contribution >= 4 is 21.9 Å². The summed E-state index contributed by atoms with van der Waals surface area (Å²) in [6, 6.07) is 4.21. The van der Waals surface area contributed by atoms with E-state index in [9.17, 15) is 9.18 Å². The summed E-state index contributed by atoms with van der Waals surface area (Å²) in [6.07, 6.45) is 1.94. The Balaban J connectivity index is 2.21. The lowest BCUT2D eigenvalue weighted by atomic mass is 10.2. The Bertz CT molecular complexity index is 585. The number of halogens is 2. The first kappa shape index (κ1) is 12.7. The van der Waals surface area contributed by atoms with Crippen LogP contribution in [0.3, 0.4) is 0 Å². The summed E-state index contributed by atoms with van der Waals surface area (Å²) >= 11 is 3.23. The van der Waals surface area contributed by atoms with Crippen LogP contribution in [-0.2, 0) is 11.2 Å². The highest BCUT2D eigenvalue weighted by molar-refractivity contribution is 9.10. The summed E-state index contributed by atoms with van der Waals surface area (Å²) in [4.78, 5) is 10.4. The van der Waals surface area contributed by atoms with Crippen LogP contribution in [0, 0.1) is 5.82 Å². The van der Waals surface area contributed by atoms with Crippen LogP contribution in [0.4, 0.5) is 4.39 Å². The average Bonchev–Trinajstić information content (AvgIpc) is 2.75. The summed E-state index contributed by atoms with van der Waals surface area (Å²) in [5.41, 5.74) is 1.22. The molecule has 0 aliphatic carbocycles. The van der Waals surface area contributed by atoms with E-state index in [0.29, 0.717) is 22.3 Å². The Labute approximate surface area is 110 Å². The Hall–Kier alpha value is -1.76. The highest BCUT2D eigenvalue weighted by Gasteiger charge is 2.08. The number of carbonyl (C=O) groups is 1. The fourth-order valence-corrected chi connectivity index (χ4v) is 1.97. The quantitative estimate of drug-likeness (QED) is 0.939. The first-order valence-electron chi connectivity index (χ1n) is 5.14. The van der Waals surface area contributed by atoms with Crippen molar-refractivity contribution in [1.82, 2.24) is 15.0 Å². The van der Waals surface area contributed by atoms with Crippen molar-refractivity contribution in [1.29, 1.82) is 0 Å². The number of hydrogen-bond donors (Lipinski definition) is 1. The van der Waals surface area contributed by atoms with Gasteiger partial charge in [0.05, 0.1) is 24.0 Å². The first-order chi connectivity index (χ1) is 8.56. The van der Waals surface area contributed by atoms with Gasteiger partial charge in [-0.1, -0.05) is 5.21 Å². The molecule has 1 N–H and O–H groups in total. The summed E-state index contributed by atoms with van der Waals surface area (Å²) in [6.45, 7) is 0. The molecule has 0 amide bonds. The molecule has 0 saturated heterocycles. The maximum Gasteiger partial charge on any atom is 0.303 e. The second kappa shape index (κ2) is 5.26. The third-order valence-corrected chi connectivity index (χ3v) is 2.93. The van der Waals surface area contributed by atoms with Gasteiger partial charge in [-0.05, 0) is 34.1 Å². The van der Waals surface area contributed by atoms with E-state index in [1.54, 1.807) is 12.3 Å². The summed E-state index contributed by atoms with van der Waals surface area (Å²) in [7, 11) is 0. The average molecular weight is 314 g/mol. The standard InChI is InChI=1S/C11H9BrFN3O2/c12-9-5-7(13)1-3-10(9)16-6-8(14-15-16)2-4-11(17)18/h1,3,5-6H,2,4H2,(H,17,18). The number of aryl methyl sites for hydroxylation is 1. The van der Waals surface area contributed by atoms with E-state index in [2.05, 4.69) is 26.2 Å². The molecule has 18 heavy (non-hydrogen) atoms. The van der Waals surface area contributed by atoms with Crippen LogP contribution in [-0.4, -0.2) is 26.1 Å². The molecule has 94 valence electrons. The van der Waals surface area contributed by atoms with Gasteiger partial charge in [0.2, 0.25) is 0 Å². The second-order valence-corrected chi connectivity index (χ2v) is 4.50. The van der Waals surface area contributed by atoms with Gasteiger partial charge in [0.1, 0.15) is 5.82 Å². The van der Waals surface area contributed by atoms with Gasteiger partial charge in [-0.25, -0.2) is 9.07 Å². The lowest BCUT2D eigenvalue weighted by Crippen LogP contribution is -1.97. The maximum atomic E-state index is 12.9. The predicted molar refractivity (Wildman–Crippen MR) is 65.0 cm³/mol. The van der Waals surface area contributed by atoms with E-state index in [4.69, 9.17) is 5.11 Å². The number of benzene rings is 1. The number of carboxylic acid groups (broad SMARTS) is 1. The number of rotatable bonds is 4. The zero-order chi connectivity index (χ0) is 13.1. The van der Waals surface area contributed by atoms with Crippen molar-refractivity contribution in [2.45, 2.75) is 12.8 Å². The van der Waals surface area contributed by atoms with Crippen LogP contribution in [0.15, 0.2) is 28.9 Å². The zero-order valence-corrected chi connectivity index (χ0v) is 10.8. The van der Waals surface area contributed by atoms with Crippen molar-refractivity contribution in [3.8, 4) is 5.69 Å². The Kier molecular flexibility index (Phi) is 3.71. The van der Waals surface area contributed by atoms with Crippen LogP contribution in [0.25, 0.3) is 5.69 Å². The molecular formula is C11H9BrFN3O2. The van der Waals surface area contributed by atoms with Crippen LogP contribution in [0.5, 0.6) is 0 Å². The maximum absolute atomic E-state index is 12.9. The Morgan fingerprint density at radius 3 is 2.94 bits per heavy atom. The molecular weight excluding hydrogens is 305 g/mol. The molecule has 1 heterocycles. The minimum atomic E-state index is -0.882. The van der Waals surface area contributed by atoms with E-state index >= 15 is 0 Å². The molecule has 0 aliphatic heterocycles. The number of nitrogens with zero attached hydrogens (tertiary/aromatic N) is 3. The normalized spacial score (nSPS) is 10.6. The smallest absolute Gasteiger partial charge is 0.303 e. The molecule has 0 unspecified atom stereocenters. The number of aromatic nitrogens is 3. The highest BCUT2D eigenvalue weighted by Crippen LogP contribution is 2.21. The van der Waals surface area contributed by atoms with Crippen molar-refractivity contribution in [3.05, 3.63) is 40.4 Å². The largest absolute Gasteiger partial charge is 0.481 e. The molecule has 0 radical (unpaired) electrons. The molecule has 0 atom stereocenters. The van der Waals surface area contributed by atoms with E-state index in [0.717, 1.165) is 0 Å². The summed E-state index contributed by atoms with van der Waals surface area (Å²) < 4.78 is 15.0. The molecule has 2 rings (SSSR count). The lowest BCUT2D eigenvalue weighted by Gasteiger charge is -2.02. The van der Waals surface area contributed by atoms with Gasteiger partial charge >= 0.3 is 5.97 Å². The molecule has 5 nitrogen and oxygen atoms in total. The van der Waals surface area contributed by atoms with Crippen molar-refractivity contribution in [3.63, 3.8) is 0 Å². The third kappa shape index (κ3) is 2.92. The van der Waals surface area contributed by atoms with Gasteiger partial charge in [0, 0.05) is 10.9 Å². The van der Waals surface area contributed by atoms with E-state index in [-0.39, 0.29) is 12.2 Å². The second-order valence-electron chi connectivity index (χ2n) is 3.64. The monoisotopic (exact) mass is 313 g/mol. The molecule has 0 bridgehead atoms. The minimum absolute atomic E-state index is 0.00325. The highest BCUT2D eigenvalue weighted by atomic mass is 79.9. The van der Waals surface area contributed by atoms with Crippen molar-refractivity contribution in [2.24, 2.45) is 0 Å².